The quantitative estimate of drug-likeness (QED) is 0.0127. The summed E-state index contributed by atoms with van der Waals surface area (Å²) in [5, 5.41) is 31.4. The summed E-state index contributed by atoms with van der Waals surface area (Å²) in [4.78, 5) is 131. The third-order valence-corrected chi connectivity index (χ3v) is 23.0. The van der Waals surface area contributed by atoms with Gasteiger partial charge in [-0.25, -0.2) is 0 Å². The molecular weight excluding hydrogens is 1650 g/mol. The van der Waals surface area contributed by atoms with Gasteiger partial charge in [-0.05, 0) is 103 Å². The van der Waals surface area contributed by atoms with Crippen LogP contribution in [0.2, 0.25) is 0 Å². The molecule has 5 saturated carbocycles. The molecule has 9 aliphatic rings. The maximum Gasteiger partial charge on any atom is 0.264 e. The zero-order valence-corrected chi connectivity index (χ0v) is 70.6. The summed E-state index contributed by atoms with van der Waals surface area (Å²) in [7, 11) is -3.33. The van der Waals surface area contributed by atoms with Crippen molar-refractivity contribution in [2.75, 3.05) is 17.3 Å². The number of piperidine rings is 2. The molecular formula is C94H100N12O20S. The monoisotopic (exact) mass is 1750 g/mol. The second kappa shape index (κ2) is 44.2. The Morgan fingerprint density at radius 2 is 0.866 bits per heavy atom. The van der Waals surface area contributed by atoms with E-state index >= 15 is 0 Å². The lowest BCUT2D eigenvalue weighted by Crippen LogP contribution is -2.54. The minimum Gasteiger partial charge on any atom is -0.398 e. The molecule has 2 atom stereocenters. The van der Waals surface area contributed by atoms with Crippen molar-refractivity contribution in [1.82, 2.24) is 50.2 Å². The standard InChI is InChI=1S/C28H27N5O5.C15H16N2O2.C13H11N3O4.C12H16O4S.C11H14O2.C11H12O2.C4H4N2O/c34-24-10-9-23(26(35)31-24)33-27(36)21-7-4-8-22(25(21)28(33)37)29-13-18-14-30-32(15-18)19-11-20(12-19)38-16-17-5-2-1-3-6-17;18-10-13-8-16-17(9-13)14-6-15(7-14)19-11-12-4-2-1-3-5-12;14-7-3-1-2-6-10(7)13(20)16(12(6)19)8-4-5-9(17)15-11(8)18;1-17(13,14)16-12-7-11(8-12)15-9-10-5-3-2-4-6-10;2*12-10-6-11(7-10)13-8-9-4-2-1-3-5-9;7-3-4-1-5-6-2-4/h1-8,14-15,19-20,23,29H,9-13,16H2,(H,31,34,35);1-5,8-10,14-15H,6-7,11H2;1-3,8H,4-5,14H2,(H,15,17,18);2-6,11-12H,7-9H2,1H3;1-5,10-12H,6-8H2;1-5,11H,6-8H2;1-3H,(H,5,6). The van der Waals surface area contributed by atoms with E-state index in [4.69, 9.17) is 38.7 Å². The third-order valence-electron chi connectivity index (χ3n) is 22.4. The van der Waals surface area contributed by atoms with E-state index in [0.29, 0.717) is 100 Å². The topological polar surface area (TPSA) is 430 Å². The second-order valence-electron chi connectivity index (χ2n) is 31.9. The van der Waals surface area contributed by atoms with Gasteiger partial charge in [0.05, 0.1) is 146 Å². The highest BCUT2D eigenvalue weighted by Crippen LogP contribution is 2.39. The number of H-pyrrole nitrogens is 1. The molecule has 662 valence electrons. The fourth-order valence-corrected chi connectivity index (χ4v) is 15.6. The van der Waals surface area contributed by atoms with Crippen molar-refractivity contribution in [2.45, 2.75) is 196 Å². The highest BCUT2D eigenvalue weighted by atomic mass is 32.2. The number of ketones is 1. The van der Waals surface area contributed by atoms with E-state index in [0.717, 1.165) is 83.8 Å². The average molecular weight is 1750 g/mol. The van der Waals surface area contributed by atoms with Gasteiger partial charge in [-0.2, -0.15) is 23.7 Å². The van der Waals surface area contributed by atoms with Crippen LogP contribution in [0.25, 0.3) is 0 Å². The number of anilines is 2. The predicted octanol–water partition coefficient (Wildman–Crippen LogP) is 10.7. The Morgan fingerprint density at radius 3 is 1.26 bits per heavy atom. The number of nitrogen functional groups attached to an aromatic ring is 1. The molecule has 0 bridgehead atoms. The predicted molar refractivity (Wildman–Crippen MR) is 462 cm³/mol. The molecule has 33 heteroatoms. The molecule has 2 unspecified atom stereocenters. The number of ether oxygens (including phenoxy) is 5. The molecule has 4 aliphatic heterocycles. The zero-order chi connectivity index (χ0) is 89.4. The minimum absolute atomic E-state index is 0.0831. The van der Waals surface area contributed by atoms with Crippen molar-refractivity contribution in [3.8, 4) is 0 Å². The van der Waals surface area contributed by atoms with E-state index in [1.807, 2.05) is 131 Å². The summed E-state index contributed by atoms with van der Waals surface area (Å²) in [5.41, 5.74) is 15.3. The molecule has 7 fully saturated rings. The zero-order valence-electron chi connectivity index (χ0n) is 69.8. The molecule has 5 aliphatic carbocycles. The number of aromatic nitrogens is 6. The largest absolute Gasteiger partial charge is 0.398 e. The van der Waals surface area contributed by atoms with Gasteiger partial charge < -0.3 is 39.8 Å². The summed E-state index contributed by atoms with van der Waals surface area (Å²) in [6.07, 6.45) is 21.8. The summed E-state index contributed by atoms with van der Waals surface area (Å²) in [6, 6.07) is 58.7. The van der Waals surface area contributed by atoms with Gasteiger partial charge in [0.15, 0.2) is 12.6 Å². The molecule has 32 nitrogen and oxygen atoms in total. The smallest absolute Gasteiger partial charge is 0.264 e. The molecule has 19 rings (SSSR count). The van der Waals surface area contributed by atoms with Crippen molar-refractivity contribution in [3.05, 3.63) is 292 Å². The average Bonchev–Trinajstić information content (AvgIpc) is 1.61. The first-order chi connectivity index (χ1) is 61.5. The SMILES string of the molecule is CS(=O)(=O)OC1CC(OCc2ccccc2)C1.Nc1cccc2c1C(=O)N(C1CCC(=O)NC1=O)C2=O.O=C1CC(OCc2ccccc2)C1.O=C1CCC(N2C(=O)c3cccc(NCc4cnn(C5CC(OCc6ccccc6)C5)c4)c3C2=O)C(=O)N1.O=Cc1cn[nH]c1.O=Cc1cnn(C2CC(OCc3ccccc3)C2)c1.OC1CC(OCc2ccccc2)C1. The molecule has 0 spiro atoms. The van der Waals surface area contributed by atoms with Gasteiger partial charge in [-0.15, -0.1) is 0 Å². The maximum absolute atomic E-state index is 13.3. The number of aromatic amines is 1. The van der Waals surface area contributed by atoms with E-state index < -0.39 is 69.5 Å². The Hall–Kier alpha value is -13.0. The van der Waals surface area contributed by atoms with Crippen LogP contribution in [-0.2, 0) is 102 Å². The number of benzene rings is 7. The maximum atomic E-state index is 13.3. The lowest BCUT2D eigenvalue weighted by Gasteiger charge is -2.35. The highest BCUT2D eigenvalue weighted by molar-refractivity contribution is 7.86. The number of nitrogens with two attached hydrogens (primary N) is 1. The van der Waals surface area contributed by atoms with Crippen LogP contribution in [0.15, 0.2) is 225 Å². The summed E-state index contributed by atoms with van der Waals surface area (Å²) < 4.78 is 58.9. The Morgan fingerprint density at radius 1 is 0.457 bits per heavy atom. The Labute approximate surface area is 733 Å². The van der Waals surface area contributed by atoms with Gasteiger partial charge in [0, 0.05) is 80.6 Å². The molecule has 127 heavy (non-hydrogen) atoms. The van der Waals surface area contributed by atoms with E-state index in [1.54, 1.807) is 42.9 Å². The number of hydrogen-bond donors (Lipinski definition) is 6. The van der Waals surface area contributed by atoms with Crippen molar-refractivity contribution in [1.29, 1.82) is 0 Å². The number of nitrogens with one attached hydrogen (secondary N) is 4. The van der Waals surface area contributed by atoms with Gasteiger partial charge in [0.1, 0.15) is 17.9 Å². The van der Waals surface area contributed by atoms with Crippen LogP contribution in [0.5, 0.6) is 0 Å². The van der Waals surface area contributed by atoms with Crippen molar-refractivity contribution >= 4 is 87.1 Å². The van der Waals surface area contributed by atoms with Crippen LogP contribution in [0.4, 0.5) is 11.4 Å². The van der Waals surface area contributed by atoms with E-state index in [-0.39, 0.29) is 96.3 Å². The van der Waals surface area contributed by atoms with Gasteiger partial charge in [0.2, 0.25) is 23.6 Å². The number of fused-ring (bicyclic) bond motifs is 2. The third kappa shape index (κ3) is 25.7. The van der Waals surface area contributed by atoms with Gasteiger partial charge >= 0.3 is 0 Å². The Balaban J connectivity index is 0.000000134. The molecule has 10 aromatic rings. The number of carbonyl (C=O) groups excluding carboxylic acids is 11. The first kappa shape index (κ1) is 91.7. The number of imide groups is 4. The van der Waals surface area contributed by atoms with Gasteiger partial charge in [0.25, 0.3) is 33.7 Å². The second-order valence-corrected chi connectivity index (χ2v) is 33.5. The van der Waals surface area contributed by atoms with Crippen LogP contribution >= 0.6 is 0 Å². The summed E-state index contributed by atoms with van der Waals surface area (Å²) in [5.74, 6) is -3.93. The number of rotatable bonds is 26. The molecule has 7 aromatic carbocycles. The van der Waals surface area contributed by atoms with Crippen LogP contribution in [0.1, 0.15) is 198 Å². The number of hydrogen-bond acceptors (Lipinski definition) is 25. The number of aliphatic hydroxyl groups is 1. The first-order valence-electron chi connectivity index (χ1n) is 42.0. The summed E-state index contributed by atoms with van der Waals surface area (Å²) in [6.45, 7) is 3.54. The van der Waals surface area contributed by atoms with E-state index in [2.05, 4.69) is 72.7 Å². The summed E-state index contributed by atoms with van der Waals surface area (Å²) >= 11 is 0. The number of carbonyl (C=O) groups is 11. The number of aliphatic hydroxyl groups excluding tert-OH is 1. The number of nitrogens with zero attached hydrogens (tertiary/aromatic N) is 7. The van der Waals surface area contributed by atoms with Crippen molar-refractivity contribution in [3.63, 3.8) is 0 Å². The fourth-order valence-electron chi connectivity index (χ4n) is 14.9. The van der Waals surface area contributed by atoms with Crippen LogP contribution < -0.4 is 21.7 Å². The van der Waals surface area contributed by atoms with Crippen LogP contribution in [-0.4, -0.2) is 180 Å². The van der Waals surface area contributed by atoms with Crippen LogP contribution in [0, 0.1) is 0 Å². The molecule has 8 amide bonds. The fraction of sp³-hybridized carbons (Fsp3) is 0.340. The Bertz CT molecular complexity index is 5540. The number of amides is 8. The van der Waals surface area contributed by atoms with E-state index in [1.165, 1.54) is 41.2 Å². The van der Waals surface area contributed by atoms with Crippen molar-refractivity contribution < 1.29 is 94.1 Å². The normalized spacial score (nSPS) is 21.8. The molecule has 2 saturated heterocycles. The minimum atomic E-state index is -3.33. The van der Waals surface area contributed by atoms with Gasteiger partial charge in [-0.1, -0.05) is 164 Å². The molecule has 7 N–H and O–H groups in total. The lowest BCUT2D eigenvalue weighted by molar-refractivity contribution is -0.137. The van der Waals surface area contributed by atoms with Gasteiger partial charge in [-0.3, -0.25) is 91.8 Å². The molecule has 7 heterocycles. The lowest BCUT2D eigenvalue weighted by atomic mass is 9.89. The Kier molecular flexibility index (Phi) is 31.9. The number of aldehydes is 2. The molecule has 3 aromatic heterocycles. The first-order valence-corrected chi connectivity index (χ1v) is 43.8. The van der Waals surface area contributed by atoms with Crippen LogP contribution in [0.3, 0.4) is 0 Å². The molecule has 0 radical (unpaired) electrons. The highest BCUT2D eigenvalue weighted by Gasteiger charge is 2.48. The van der Waals surface area contributed by atoms with Crippen molar-refractivity contribution in [2.24, 2.45) is 0 Å². The van der Waals surface area contributed by atoms with E-state index in [9.17, 15) is 61.2 Å². The number of Topliss-reactive ketones (excluding diaryl/α,β-unsaturated/α-hetero) is 1.